The van der Waals surface area contributed by atoms with Crippen LogP contribution in [0.15, 0.2) is 44.4 Å². The Labute approximate surface area is 214 Å². The molecular formula is C23H26Br2N4O5. The van der Waals surface area contributed by atoms with Gasteiger partial charge in [-0.25, -0.2) is 5.43 Å². The Morgan fingerprint density at radius 2 is 1.85 bits per heavy atom. The molecule has 3 N–H and O–H groups in total. The van der Waals surface area contributed by atoms with Crippen LogP contribution in [0.3, 0.4) is 0 Å². The number of ether oxygens (including phenoxy) is 2. The van der Waals surface area contributed by atoms with Crippen LogP contribution in [0.5, 0.6) is 11.5 Å². The third-order valence-electron chi connectivity index (χ3n) is 4.62. The van der Waals surface area contributed by atoms with Crippen LogP contribution in [-0.4, -0.2) is 43.7 Å². The summed E-state index contributed by atoms with van der Waals surface area (Å²) in [5, 5.41) is 9.14. The quantitative estimate of drug-likeness (QED) is 0.230. The van der Waals surface area contributed by atoms with Gasteiger partial charge in [-0.2, -0.15) is 5.10 Å². The van der Waals surface area contributed by atoms with Gasteiger partial charge in [-0.15, -0.1) is 0 Å². The average molecular weight is 598 g/mol. The maximum absolute atomic E-state index is 12.3. The molecule has 2 aromatic carbocycles. The van der Waals surface area contributed by atoms with Crippen LogP contribution in [0, 0.1) is 6.92 Å². The molecule has 0 aliphatic carbocycles. The van der Waals surface area contributed by atoms with Crippen LogP contribution in [0.25, 0.3) is 0 Å². The fraction of sp³-hybridized carbons (Fsp3) is 0.304. The van der Waals surface area contributed by atoms with Crippen LogP contribution in [0.1, 0.15) is 31.4 Å². The number of nitrogens with one attached hydrogen (secondary N) is 3. The highest BCUT2D eigenvalue weighted by Crippen LogP contribution is 2.36. The van der Waals surface area contributed by atoms with Crippen molar-refractivity contribution in [2.24, 2.45) is 5.10 Å². The maximum Gasteiger partial charge on any atom is 0.329 e. The summed E-state index contributed by atoms with van der Waals surface area (Å²) in [6.07, 6.45) is 2.06. The maximum atomic E-state index is 12.3. The summed E-state index contributed by atoms with van der Waals surface area (Å²) in [7, 11) is 1.46. The van der Waals surface area contributed by atoms with Crippen molar-refractivity contribution in [3.05, 3.63) is 50.4 Å². The van der Waals surface area contributed by atoms with Crippen molar-refractivity contribution in [2.75, 3.05) is 19.0 Å². The lowest BCUT2D eigenvalue weighted by atomic mass is 10.2. The van der Waals surface area contributed by atoms with Gasteiger partial charge in [0.15, 0.2) is 18.1 Å². The molecule has 0 saturated carbocycles. The van der Waals surface area contributed by atoms with E-state index in [9.17, 15) is 14.4 Å². The van der Waals surface area contributed by atoms with Gasteiger partial charge >= 0.3 is 11.8 Å². The van der Waals surface area contributed by atoms with E-state index in [0.29, 0.717) is 33.6 Å². The Balaban J connectivity index is 2.00. The molecule has 0 aromatic heterocycles. The Morgan fingerprint density at radius 1 is 1.12 bits per heavy atom. The van der Waals surface area contributed by atoms with Crippen molar-refractivity contribution >= 4 is 61.5 Å². The first kappa shape index (κ1) is 27.3. The molecule has 2 rings (SSSR count). The van der Waals surface area contributed by atoms with E-state index in [1.54, 1.807) is 25.1 Å². The Kier molecular flexibility index (Phi) is 10.5. The van der Waals surface area contributed by atoms with Gasteiger partial charge in [0.2, 0.25) is 0 Å². The highest BCUT2D eigenvalue weighted by molar-refractivity contribution is 9.10. The first-order chi connectivity index (χ1) is 16.1. The molecule has 1 atom stereocenters. The van der Waals surface area contributed by atoms with Crippen molar-refractivity contribution in [2.45, 2.75) is 33.2 Å². The second-order valence-corrected chi connectivity index (χ2v) is 9.03. The van der Waals surface area contributed by atoms with E-state index in [1.165, 1.54) is 13.3 Å². The second kappa shape index (κ2) is 13.1. The van der Waals surface area contributed by atoms with Crippen LogP contribution in [0.4, 0.5) is 5.69 Å². The Morgan fingerprint density at radius 3 is 2.50 bits per heavy atom. The molecule has 0 aliphatic rings. The Bertz CT molecular complexity index is 1090. The van der Waals surface area contributed by atoms with Gasteiger partial charge < -0.3 is 20.1 Å². The smallest absolute Gasteiger partial charge is 0.329 e. The monoisotopic (exact) mass is 596 g/mol. The van der Waals surface area contributed by atoms with Crippen molar-refractivity contribution in [3.63, 3.8) is 0 Å². The van der Waals surface area contributed by atoms with Crippen molar-refractivity contribution in [1.82, 2.24) is 10.7 Å². The Hall–Kier alpha value is -2.92. The summed E-state index contributed by atoms with van der Waals surface area (Å²) in [4.78, 5) is 35.9. The molecule has 9 nitrogen and oxygen atoms in total. The van der Waals surface area contributed by atoms with Crippen LogP contribution < -0.4 is 25.5 Å². The van der Waals surface area contributed by atoms with Crippen molar-refractivity contribution in [3.8, 4) is 11.5 Å². The number of nitrogens with zero attached hydrogens (tertiary/aromatic N) is 1. The molecule has 0 heterocycles. The fourth-order valence-corrected chi connectivity index (χ4v) is 3.44. The van der Waals surface area contributed by atoms with Gasteiger partial charge in [-0.1, -0.05) is 22.9 Å². The van der Waals surface area contributed by atoms with Gasteiger partial charge in [0.05, 0.1) is 17.8 Å². The number of carbonyl (C=O) groups is 3. The number of carbonyl (C=O) groups excluding carboxylic acids is 3. The molecule has 0 saturated heterocycles. The minimum absolute atomic E-state index is 0.115. The first-order valence-electron chi connectivity index (χ1n) is 10.3. The van der Waals surface area contributed by atoms with Crippen molar-refractivity contribution in [1.29, 1.82) is 0 Å². The minimum atomic E-state index is -0.866. The van der Waals surface area contributed by atoms with Crippen LogP contribution in [0.2, 0.25) is 0 Å². The standard InChI is InChI=1S/C23H26Br2N4O5/c1-5-14(3)27-22(31)23(32)29-26-11-15-9-18(25)21(19(10-15)33-4)34-12-20(30)28-16-6-7-17(24)13(2)8-16/h6-11,14H,5,12H2,1-4H3,(H,27,31)(H,28,30)(H,29,32)/b26-11-/t14-/m0/s1. The molecule has 2 aromatic rings. The molecule has 3 amide bonds. The molecular weight excluding hydrogens is 572 g/mol. The number of benzene rings is 2. The number of hydrogen-bond donors (Lipinski definition) is 3. The van der Waals surface area contributed by atoms with Gasteiger partial charge in [-0.05, 0) is 77.7 Å². The lowest BCUT2D eigenvalue weighted by molar-refractivity contribution is -0.139. The summed E-state index contributed by atoms with van der Waals surface area (Å²) < 4.78 is 12.5. The normalized spacial score (nSPS) is 11.6. The zero-order valence-corrected chi connectivity index (χ0v) is 22.4. The third kappa shape index (κ3) is 8.14. The first-order valence-corrected chi connectivity index (χ1v) is 11.9. The fourth-order valence-electron chi connectivity index (χ4n) is 2.62. The SMILES string of the molecule is CC[C@H](C)NC(=O)C(=O)N/N=C\c1cc(Br)c(OCC(=O)Nc2ccc(Br)c(C)c2)c(OC)c1. The lowest BCUT2D eigenvalue weighted by Crippen LogP contribution is -2.41. The van der Waals surface area contributed by atoms with Crippen molar-refractivity contribution < 1.29 is 23.9 Å². The molecule has 0 fully saturated rings. The van der Waals surface area contributed by atoms with E-state index in [-0.39, 0.29) is 18.6 Å². The summed E-state index contributed by atoms with van der Waals surface area (Å²) in [5.41, 5.74) is 4.39. The predicted octanol–water partition coefficient (Wildman–Crippen LogP) is 3.91. The highest BCUT2D eigenvalue weighted by Gasteiger charge is 2.15. The minimum Gasteiger partial charge on any atom is -0.493 e. The number of amides is 3. The molecule has 0 bridgehead atoms. The molecule has 0 radical (unpaired) electrons. The largest absolute Gasteiger partial charge is 0.493 e. The number of rotatable bonds is 9. The third-order valence-corrected chi connectivity index (χ3v) is 6.10. The number of hydrazone groups is 1. The van der Waals surface area contributed by atoms with E-state index in [1.807, 2.05) is 26.0 Å². The zero-order chi connectivity index (χ0) is 25.3. The molecule has 182 valence electrons. The van der Waals surface area contributed by atoms with Crippen LogP contribution >= 0.6 is 31.9 Å². The molecule has 0 unspecified atom stereocenters. The molecule has 11 heteroatoms. The predicted molar refractivity (Wildman–Crippen MR) is 137 cm³/mol. The molecule has 0 spiro atoms. The van der Waals surface area contributed by atoms with Gasteiger partial charge in [0, 0.05) is 16.2 Å². The number of methoxy groups -OCH3 is 1. The topological polar surface area (TPSA) is 118 Å². The number of aryl methyl sites for hydroxylation is 1. The summed E-state index contributed by atoms with van der Waals surface area (Å²) in [6.45, 7) is 5.39. The lowest BCUT2D eigenvalue weighted by Gasteiger charge is -2.14. The summed E-state index contributed by atoms with van der Waals surface area (Å²) in [5.74, 6) is -1.28. The van der Waals surface area contributed by atoms with Gasteiger partial charge in [0.25, 0.3) is 5.91 Å². The van der Waals surface area contributed by atoms with E-state index < -0.39 is 11.8 Å². The van der Waals surface area contributed by atoms with E-state index in [4.69, 9.17) is 9.47 Å². The van der Waals surface area contributed by atoms with E-state index in [2.05, 4.69) is 53.0 Å². The highest BCUT2D eigenvalue weighted by atomic mass is 79.9. The summed E-state index contributed by atoms with van der Waals surface area (Å²) >= 11 is 6.82. The number of halogens is 2. The average Bonchev–Trinajstić information content (AvgIpc) is 2.80. The zero-order valence-electron chi connectivity index (χ0n) is 19.2. The van der Waals surface area contributed by atoms with E-state index in [0.717, 1.165) is 10.0 Å². The molecule has 34 heavy (non-hydrogen) atoms. The van der Waals surface area contributed by atoms with Crippen LogP contribution in [-0.2, 0) is 14.4 Å². The number of anilines is 1. The van der Waals surface area contributed by atoms with Gasteiger partial charge in [-0.3, -0.25) is 14.4 Å². The second-order valence-electron chi connectivity index (χ2n) is 7.32. The summed E-state index contributed by atoms with van der Waals surface area (Å²) in [6, 6.07) is 8.65. The molecule has 0 aliphatic heterocycles. The number of hydrogen-bond acceptors (Lipinski definition) is 6. The van der Waals surface area contributed by atoms with E-state index >= 15 is 0 Å². The van der Waals surface area contributed by atoms with Gasteiger partial charge in [0.1, 0.15) is 0 Å².